The van der Waals surface area contributed by atoms with Gasteiger partial charge in [-0.3, -0.25) is 4.79 Å². The molecule has 3 N–H and O–H groups in total. The fourth-order valence-electron chi connectivity index (χ4n) is 3.21. The van der Waals surface area contributed by atoms with Gasteiger partial charge >= 0.3 is 0 Å². The van der Waals surface area contributed by atoms with Gasteiger partial charge in [0.15, 0.2) is 5.65 Å². The number of fused-ring (bicyclic) bond motifs is 1. The first-order chi connectivity index (χ1) is 10.5. The summed E-state index contributed by atoms with van der Waals surface area (Å²) in [5.41, 5.74) is 9.73. The molecule has 0 atom stereocenters. The molecule has 3 rings (SSSR count). The van der Waals surface area contributed by atoms with E-state index in [1.54, 1.807) is 4.52 Å². The van der Waals surface area contributed by atoms with Crippen molar-refractivity contribution in [2.45, 2.75) is 58.5 Å². The van der Waals surface area contributed by atoms with Crippen LogP contribution in [-0.4, -0.2) is 32.6 Å². The van der Waals surface area contributed by atoms with Crippen molar-refractivity contribution in [1.82, 2.24) is 19.9 Å². The number of nitrogens with one attached hydrogen (secondary N) is 1. The van der Waals surface area contributed by atoms with E-state index in [2.05, 4.69) is 15.4 Å². The van der Waals surface area contributed by atoms with Gasteiger partial charge in [0.05, 0.1) is 5.69 Å². The fourth-order valence-corrected chi connectivity index (χ4v) is 3.21. The van der Waals surface area contributed by atoms with Crippen molar-refractivity contribution in [3.8, 4) is 0 Å². The van der Waals surface area contributed by atoms with E-state index >= 15 is 0 Å². The molecule has 126 valence electrons. The Balaban J connectivity index is 0.00000192. The van der Waals surface area contributed by atoms with Crippen molar-refractivity contribution in [1.29, 1.82) is 0 Å². The summed E-state index contributed by atoms with van der Waals surface area (Å²) in [6, 6.07) is 2.44. The summed E-state index contributed by atoms with van der Waals surface area (Å²) < 4.78 is 1.74. The zero-order chi connectivity index (χ0) is 15.9. The van der Waals surface area contributed by atoms with E-state index < -0.39 is 0 Å². The molecule has 0 aromatic carbocycles. The van der Waals surface area contributed by atoms with Crippen LogP contribution in [0.4, 0.5) is 0 Å². The Bertz CT molecular complexity index is 719. The molecule has 0 aliphatic heterocycles. The highest BCUT2D eigenvalue weighted by molar-refractivity contribution is 6.01. The normalized spacial score (nSPS) is 21.0. The lowest BCUT2D eigenvalue weighted by molar-refractivity contribution is 0.0926. The lowest BCUT2D eigenvalue weighted by Gasteiger charge is -2.26. The minimum atomic E-state index is -0.0783. The Kier molecular flexibility index (Phi) is 5.26. The van der Waals surface area contributed by atoms with Gasteiger partial charge in [-0.15, -0.1) is 12.4 Å². The fraction of sp³-hybridized carbons (Fsp3) is 0.562. The summed E-state index contributed by atoms with van der Waals surface area (Å²) in [6.07, 6.45) is 3.82. The maximum absolute atomic E-state index is 12.7. The van der Waals surface area contributed by atoms with Crippen molar-refractivity contribution in [3.63, 3.8) is 0 Å². The van der Waals surface area contributed by atoms with Crippen LogP contribution in [0.3, 0.4) is 0 Å². The van der Waals surface area contributed by atoms with E-state index in [4.69, 9.17) is 5.73 Å². The molecule has 0 unspecified atom stereocenters. The van der Waals surface area contributed by atoms with Crippen molar-refractivity contribution in [2.75, 3.05) is 0 Å². The molecule has 1 aliphatic carbocycles. The molecule has 0 saturated heterocycles. The number of aryl methyl sites for hydroxylation is 3. The van der Waals surface area contributed by atoms with Crippen LogP contribution in [0.25, 0.3) is 5.65 Å². The van der Waals surface area contributed by atoms with Crippen LogP contribution in [-0.2, 0) is 0 Å². The minimum absolute atomic E-state index is 0. The van der Waals surface area contributed by atoms with Gasteiger partial charge in [0, 0.05) is 23.5 Å². The van der Waals surface area contributed by atoms with Crippen LogP contribution in [0.5, 0.6) is 0 Å². The summed E-state index contributed by atoms with van der Waals surface area (Å²) in [7, 11) is 0. The third-order valence-corrected chi connectivity index (χ3v) is 4.40. The highest BCUT2D eigenvalue weighted by Crippen LogP contribution is 2.20. The number of nitrogens with zero attached hydrogens (tertiary/aromatic N) is 3. The third-order valence-electron chi connectivity index (χ3n) is 4.40. The molecule has 1 fully saturated rings. The predicted octanol–water partition coefficient (Wildman–Crippen LogP) is 2.08. The molecule has 2 aromatic rings. The van der Waals surface area contributed by atoms with E-state index in [9.17, 15) is 4.79 Å². The largest absolute Gasteiger partial charge is 0.349 e. The quantitative estimate of drug-likeness (QED) is 0.878. The van der Waals surface area contributed by atoms with Crippen molar-refractivity contribution < 1.29 is 4.79 Å². The molecule has 2 aromatic heterocycles. The number of hydrogen-bond acceptors (Lipinski definition) is 4. The number of halogens is 1. The second kappa shape index (κ2) is 6.84. The summed E-state index contributed by atoms with van der Waals surface area (Å²) >= 11 is 0. The van der Waals surface area contributed by atoms with Gasteiger partial charge in [0.2, 0.25) is 0 Å². The number of carbonyl (C=O) groups excluding carboxylic acids is 1. The first kappa shape index (κ1) is 17.7. The SMILES string of the molecule is Cc1cc(C)n2nc(C)c(C(=O)NC3CCC(N)CC3)c2n1.Cl. The van der Waals surface area contributed by atoms with Gasteiger partial charge in [-0.25, -0.2) is 9.50 Å². The zero-order valence-electron chi connectivity index (χ0n) is 13.8. The van der Waals surface area contributed by atoms with Gasteiger partial charge in [-0.2, -0.15) is 5.10 Å². The molecule has 2 heterocycles. The van der Waals surface area contributed by atoms with Crippen molar-refractivity contribution >= 4 is 24.0 Å². The van der Waals surface area contributed by atoms with Crippen molar-refractivity contribution in [2.24, 2.45) is 5.73 Å². The van der Waals surface area contributed by atoms with Gasteiger partial charge in [-0.05, 0) is 52.5 Å². The molecule has 1 aliphatic rings. The zero-order valence-corrected chi connectivity index (χ0v) is 14.6. The monoisotopic (exact) mass is 337 g/mol. The number of aromatic nitrogens is 3. The summed E-state index contributed by atoms with van der Waals surface area (Å²) in [5.74, 6) is -0.0783. The van der Waals surface area contributed by atoms with Crippen LogP contribution in [0.15, 0.2) is 6.07 Å². The summed E-state index contributed by atoms with van der Waals surface area (Å²) in [6.45, 7) is 5.76. The molecule has 0 bridgehead atoms. The molecule has 7 heteroatoms. The number of rotatable bonds is 2. The van der Waals surface area contributed by atoms with E-state index in [1.807, 2.05) is 26.8 Å². The average molecular weight is 338 g/mol. The lowest BCUT2D eigenvalue weighted by atomic mass is 9.91. The summed E-state index contributed by atoms with van der Waals surface area (Å²) in [4.78, 5) is 17.2. The van der Waals surface area contributed by atoms with Crippen LogP contribution in [0.1, 0.15) is 53.1 Å². The van der Waals surface area contributed by atoms with E-state index in [0.717, 1.165) is 37.1 Å². The van der Waals surface area contributed by atoms with Crippen LogP contribution in [0.2, 0.25) is 0 Å². The lowest BCUT2D eigenvalue weighted by Crippen LogP contribution is -2.40. The van der Waals surface area contributed by atoms with E-state index in [0.29, 0.717) is 16.9 Å². The molecule has 23 heavy (non-hydrogen) atoms. The number of carbonyl (C=O) groups is 1. The smallest absolute Gasteiger partial charge is 0.257 e. The van der Waals surface area contributed by atoms with E-state index in [-0.39, 0.29) is 30.4 Å². The molecule has 6 nitrogen and oxygen atoms in total. The highest BCUT2D eigenvalue weighted by atomic mass is 35.5. The van der Waals surface area contributed by atoms with Crippen LogP contribution >= 0.6 is 12.4 Å². The van der Waals surface area contributed by atoms with E-state index in [1.165, 1.54) is 0 Å². The Labute approximate surface area is 142 Å². The van der Waals surface area contributed by atoms with Crippen LogP contribution in [0, 0.1) is 20.8 Å². The van der Waals surface area contributed by atoms with Gasteiger partial charge < -0.3 is 11.1 Å². The second-order valence-corrected chi connectivity index (χ2v) is 6.32. The average Bonchev–Trinajstić information content (AvgIpc) is 2.78. The van der Waals surface area contributed by atoms with Crippen LogP contribution < -0.4 is 11.1 Å². The maximum atomic E-state index is 12.7. The number of nitrogens with two attached hydrogens (primary N) is 1. The van der Waals surface area contributed by atoms with Gasteiger partial charge in [0.25, 0.3) is 5.91 Å². The first-order valence-corrected chi connectivity index (χ1v) is 7.85. The highest BCUT2D eigenvalue weighted by Gasteiger charge is 2.24. The topological polar surface area (TPSA) is 85.3 Å². The Morgan fingerprint density at radius 3 is 2.57 bits per heavy atom. The predicted molar refractivity (Wildman–Crippen MR) is 92.1 cm³/mol. The maximum Gasteiger partial charge on any atom is 0.257 e. The Hall–Kier alpha value is -1.66. The third kappa shape index (κ3) is 3.48. The second-order valence-electron chi connectivity index (χ2n) is 6.32. The Morgan fingerprint density at radius 1 is 1.26 bits per heavy atom. The minimum Gasteiger partial charge on any atom is -0.349 e. The number of hydrogen-bond donors (Lipinski definition) is 2. The van der Waals surface area contributed by atoms with Gasteiger partial charge in [-0.1, -0.05) is 0 Å². The first-order valence-electron chi connectivity index (χ1n) is 7.85. The molecule has 0 spiro atoms. The molecule has 1 saturated carbocycles. The Morgan fingerprint density at radius 2 is 1.91 bits per heavy atom. The number of amides is 1. The standard InChI is InChI=1S/C16H23N5O.ClH/c1-9-8-10(2)21-15(18-9)14(11(3)20-21)16(22)19-13-6-4-12(17)5-7-13;/h8,12-13H,4-7,17H2,1-3H3,(H,19,22);1H. The molecular formula is C16H24ClN5O. The van der Waals surface area contributed by atoms with Crippen molar-refractivity contribution in [3.05, 3.63) is 28.7 Å². The summed E-state index contributed by atoms with van der Waals surface area (Å²) in [5, 5.41) is 7.58. The molecule has 0 radical (unpaired) electrons. The van der Waals surface area contributed by atoms with Gasteiger partial charge in [0.1, 0.15) is 5.56 Å². The molecular weight excluding hydrogens is 314 g/mol. The molecule has 1 amide bonds.